The first-order chi connectivity index (χ1) is 37.5. The van der Waals surface area contributed by atoms with Crippen molar-refractivity contribution >= 4 is 40.7 Å². The molecule has 4 aliphatic heterocycles. The first-order valence-electron chi connectivity index (χ1n) is 28.6. The second-order valence-electron chi connectivity index (χ2n) is 24.6. The van der Waals surface area contributed by atoms with Crippen LogP contribution in [0.25, 0.3) is 10.9 Å². The van der Waals surface area contributed by atoms with Crippen LogP contribution in [-0.2, 0) is 52.2 Å². The predicted molar refractivity (Wildman–Crippen MR) is 295 cm³/mol. The lowest BCUT2D eigenvalue weighted by molar-refractivity contribution is -0.318. The number of fused-ring (bicyclic) bond motifs is 2. The molecule has 0 radical (unpaired) electrons. The maximum atomic E-state index is 14.8. The van der Waals surface area contributed by atoms with Crippen molar-refractivity contribution in [3.8, 4) is 0 Å². The molecule has 22 heteroatoms. The van der Waals surface area contributed by atoms with Gasteiger partial charge in [-0.1, -0.05) is 20.8 Å². The number of ether oxygens (including phenoxy) is 9. The number of carboxylic acids is 1. The van der Waals surface area contributed by atoms with Crippen molar-refractivity contribution in [3.05, 3.63) is 40.2 Å². The van der Waals surface area contributed by atoms with Crippen LogP contribution >= 0.6 is 0 Å². The second kappa shape index (κ2) is 25.6. The zero-order valence-corrected chi connectivity index (χ0v) is 49.7. The molecular weight excluding hydrogens is 1040 g/mol. The number of anilines is 1. The van der Waals surface area contributed by atoms with Gasteiger partial charge in [-0.3, -0.25) is 19.3 Å². The minimum atomic E-state index is -1.63. The number of rotatable bonds is 17. The fourth-order valence-electron chi connectivity index (χ4n) is 12.8. The molecule has 5 heterocycles. The normalized spacial score (nSPS) is 37.8. The van der Waals surface area contributed by atoms with Gasteiger partial charge >= 0.3 is 24.1 Å². The Labute approximate surface area is 470 Å². The number of cyclic esters (lactones) is 1. The number of esters is 2. The van der Waals surface area contributed by atoms with Crippen LogP contribution in [0, 0.1) is 17.8 Å². The number of aromatic nitrogens is 1. The Balaban J connectivity index is 1.08. The number of carbonyl (C=O) groups is 4. The maximum absolute atomic E-state index is 14.8. The maximum Gasteiger partial charge on any atom is 0.509 e. The van der Waals surface area contributed by atoms with Gasteiger partial charge in [0, 0.05) is 81.0 Å². The second-order valence-corrected chi connectivity index (χ2v) is 24.6. The highest BCUT2D eigenvalue weighted by Crippen LogP contribution is 2.43. The van der Waals surface area contributed by atoms with Gasteiger partial charge in [0.25, 0.3) is 0 Å². The molecule has 1 aromatic carbocycles. The molecule has 22 nitrogen and oxygen atoms in total. The fourth-order valence-corrected chi connectivity index (χ4v) is 12.8. The van der Waals surface area contributed by atoms with E-state index in [2.05, 4.69) is 5.32 Å². The van der Waals surface area contributed by atoms with Crippen LogP contribution in [0.3, 0.4) is 0 Å². The van der Waals surface area contributed by atoms with Crippen molar-refractivity contribution in [1.82, 2.24) is 19.3 Å². The summed E-state index contributed by atoms with van der Waals surface area (Å²) in [5, 5.41) is 38.1. The van der Waals surface area contributed by atoms with Gasteiger partial charge in [-0.25, -0.2) is 9.59 Å². The monoisotopic (exact) mass is 1130 g/mol. The standard InChI is InChI=1S/C58H91N5O17/c1-16-43-58(10)50(79-55(70)80-58)35(6)62(14)29-31(2)27-56(8,71)49(78-54-47(66)42(60(11)12)25-32(3)73-54)33(4)48(34(5)53(69)75-43)77-45-28-57(9,72-15)51(36(7)74-45)76-44(64)21-23-61(13)24-22-59-37-17-20-41-39(26-37)46(65)40(52(67)68)30-63(41)38-18-19-38/h17,20,26,30-36,38,42-43,45,47-51,54,59,66,71H,16,18-19,21-25,27-29H2,1-15H3,(H,67,68)/t31-,32-,33+,34-,35-,36+,42+,43-,45+,47-,48+,49-,50-,51+,54+,56-,57-,58-/m1/s1. The lowest BCUT2D eigenvalue weighted by Gasteiger charge is -2.49. The van der Waals surface area contributed by atoms with E-state index in [0.29, 0.717) is 49.2 Å². The van der Waals surface area contributed by atoms with Gasteiger partial charge in [0.05, 0.1) is 47.9 Å². The number of aliphatic hydroxyl groups is 2. The zero-order valence-electron chi connectivity index (χ0n) is 49.7. The molecule has 450 valence electrons. The van der Waals surface area contributed by atoms with E-state index in [-0.39, 0.29) is 55.4 Å². The van der Waals surface area contributed by atoms with Gasteiger partial charge in [-0.2, -0.15) is 0 Å². The average molecular weight is 1130 g/mol. The number of likely N-dealkylation sites (N-methyl/N-ethyl adjacent to an activating group) is 3. The molecule has 4 N–H and O–H groups in total. The number of pyridine rings is 1. The molecule has 0 spiro atoms. The van der Waals surface area contributed by atoms with E-state index in [9.17, 15) is 39.3 Å². The number of benzene rings is 1. The number of hydrogen-bond acceptors (Lipinski definition) is 20. The molecule has 5 aliphatic rings. The number of nitrogens with one attached hydrogen (secondary N) is 1. The first kappa shape index (κ1) is 63.1. The highest BCUT2D eigenvalue weighted by molar-refractivity contribution is 5.93. The molecular formula is C58H91N5O17. The fraction of sp³-hybridized carbons (Fsp3) is 0.776. The Morgan fingerprint density at radius 1 is 0.938 bits per heavy atom. The third kappa shape index (κ3) is 13.9. The molecule has 2 aromatic rings. The lowest BCUT2D eigenvalue weighted by Crippen LogP contribution is -2.61. The van der Waals surface area contributed by atoms with E-state index >= 15 is 0 Å². The Morgan fingerprint density at radius 3 is 2.27 bits per heavy atom. The average Bonchev–Trinajstić information content (AvgIpc) is 4.35. The summed E-state index contributed by atoms with van der Waals surface area (Å²) in [5.74, 6) is -4.50. The zero-order chi connectivity index (χ0) is 58.9. The molecule has 1 saturated carbocycles. The molecule has 80 heavy (non-hydrogen) atoms. The molecule has 0 amide bonds. The summed E-state index contributed by atoms with van der Waals surface area (Å²) in [4.78, 5) is 72.5. The molecule has 0 bridgehead atoms. The number of carbonyl (C=O) groups excluding carboxylic acids is 3. The largest absolute Gasteiger partial charge is 0.509 e. The van der Waals surface area contributed by atoms with Gasteiger partial charge in [0.1, 0.15) is 23.4 Å². The van der Waals surface area contributed by atoms with Gasteiger partial charge in [-0.15, -0.1) is 0 Å². The van der Waals surface area contributed by atoms with E-state index in [1.165, 1.54) is 13.3 Å². The molecule has 7 rings (SSSR count). The highest BCUT2D eigenvalue weighted by atomic mass is 16.8. The molecule has 1 aromatic heterocycles. The minimum Gasteiger partial charge on any atom is -0.477 e. The smallest absolute Gasteiger partial charge is 0.477 e. The number of carboxylic acid groups (broad SMARTS) is 1. The summed E-state index contributed by atoms with van der Waals surface area (Å²) in [6, 6.07) is 4.85. The summed E-state index contributed by atoms with van der Waals surface area (Å²) in [7, 11) is 9.05. The first-order valence-corrected chi connectivity index (χ1v) is 28.6. The van der Waals surface area contributed by atoms with E-state index < -0.39 is 119 Å². The molecule has 5 fully saturated rings. The van der Waals surface area contributed by atoms with Crippen molar-refractivity contribution in [3.63, 3.8) is 0 Å². The third-order valence-electron chi connectivity index (χ3n) is 17.6. The summed E-state index contributed by atoms with van der Waals surface area (Å²) in [5.41, 5.74) is -3.58. The quantitative estimate of drug-likeness (QED) is 0.114. The molecule has 18 atom stereocenters. The van der Waals surface area contributed by atoms with Gasteiger partial charge < -0.3 is 77.6 Å². The number of aliphatic hydroxyl groups excluding tert-OH is 1. The molecule has 1 aliphatic carbocycles. The predicted octanol–water partition coefficient (Wildman–Crippen LogP) is 5.42. The Morgan fingerprint density at radius 2 is 1.64 bits per heavy atom. The van der Waals surface area contributed by atoms with E-state index in [1.54, 1.807) is 40.7 Å². The van der Waals surface area contributed by atoms with E-state index in [4.69, 9.17) is 42.6 Å². The summed E-state index contributed by atoms with van der Waals surface area (Å²) in [6.07, 6.45) is -5.75. The Kier molecular flexibility index (Phi) is 20.2. The van der Waals surface area contributed by atoms with Crippen molar-refractivity contribution in [2.45, 2.75) is 211 Å². The van der Waals surface area contributed by atoms with Gasteiger partial charge in [-0.05, 0) is 133 Å². The summed E-state index contributed by atoms with van der Waals surface area (Å²) >= 11 is 0. The van der Waals surface area contributed by atoms with Crippen LogP contribution in [-0.4, -0.2) is 210 Å². The topological polar surface area (TPSA) is 256 Å². The summed E-state index contributed by atoms with van der Waals surface area (Å²) < 4.78 is 59.1. The SMILES string of the molecule is CC[C@H]1OC(=O)[C@H](C)[C@@H](O[C@H]2C[C@@](C)(OC)[C@@H](OC(=O)CCN(C)CCNc3ccc4c(c3)c(=O)c(C(=O)O)cn4C3CC3)[C@H](C)O2)[C@H](C)[C@@H](O[C@@H]2O[C@H](C)C[C@H](N(C)C)[C@H]2O)[C@](C)(O)C[C@@H](C)CN(C)[C@H](C)[C@H]2OC(=O)O[C@@]21C. The Hall–Kier alpha value is -4.49. The van der Waals surface area contributed by atoms with Crippen LogP contribution in [0.1, 0.15) is 131 Å². The summed E-state index contributed by atoms with van der Waals surface area (Å²) in [6.45, 7) is 19.9. The van der Waals surface area contributed by atoms with Crippen molar-refractivity contribution in [1.29, 1.82) is 0 Å². The van der Waals surface area contributed by atoms with E-state index in [1.807, 2.05) is 94.2 Å². The number of hydrogen-bond donors (Lipinski definition) is 4. The van der Waals surface area contributed by atoms with Crippen molar-refractivity contribution in [2.75, 3.05) is 66.8 Å². The number of methoxy groups -OCH3 is 1. The van der Waals surface area contributed by atoms with Gasteiger partial charge in [0.2, 0.25) is 5.43 Å². The minimum absolute atomic E-state index is 0.0415. The van der Waals surface area contributed by atoms with Crippen LogP contribution in [0.5, 0.6) is 0 Å². The molecule has 4 saturated heterocycles. The lowest BCUT2D eigenvalue weighted by atomic mass is 9.77. The van der Waals surface area contributed by atoms with Crippen LogP contribution in [0.2, 0.25) is 0 Å². The van der Waals surface area contributed by atoms with Crippen molar-refractivity contribution < 1.29 is 77.1 Å². The Bertz CT molecular complexity index is 2560. The highest BCUT2D eigenvalue weighted by Gasteiger charge is 2.58. The third-order valence-corrected chi connectivity index (χ3v) is 17.6. The van der Waals surface area contributed by atoms with Gasteiger partial charge in [0.15, 0.2) is 30.4 Å². The van der Waals surface area contributed by atoms with Crippen molar-refractivity contribution in [2.24, 2.45) is 17.8 Å². The van der Waals surface area contributed by atoms with Crippen LogP contribution < -0.4 is 10.7 Å². The molecule has 0 unspecified atom stereocenters. The number of nitrogens with zero attached hydrogens (tertiary/aromatic N) is 4. The van der Waals surface area contributed by atoms with Crippen LogP contribution in [0.15, 0.2) is 29.2 Å². The number of aromatic carboxylic acids is 1. The van der Waals surface area contributed by atoms with Crippen LogP contribution in [0.4, 0.5) is 10.5 Å². The van der Waals surface area contributed by atoms with E-state index in [0.717, 1.165) is 12.8 Å².